The van der Waals surface area contributed by atoms with Crippen LogP contribution in [0.2, 0.25) is 0 Å². The van der Waals surface area contributed by atoms with Crippen molar-refractivity contribution in [1.29, 1.82) is 0 Å². The van der Waals surface area contributed by atoms with Gasteiger partial charge >= 0.3 is 12.1 Å². The topological polar surface area (TPSA) is 154 Å². The molecule has 12 nitrogen and oxygen atoms in total. The summed E-state index contributed by atoms with van der Waals surface area (Å²) in [6, 6.07) is 14.0. The second-order valence-corrected chi connectivity index (χ2v) is 14.4. The molecular formula is C34H44N2O10S. The van der Waals surface area contributed by atoms with Gasteiger partial charge in [-0.25, -0.2) is 13.2 Å². The molecule has 3 aromatic rings. The summed E-state index contributed by atoms with van der Waals surface area (Å²) in [4.78, 5) is 25.1. The Morgan fingerprint density at radius 3 is 2.64 bits per heavy atom. The number of benzene rings is 2. The third-order valence-corrected chi connectivity index (χ3v) is 10.3. The molecule has 0 aliphatic carbocycles. The number of ether oxygens (including phenoxy) is 4. The zero-order chi connectivity index (χ0) is 33.6. The first kappa shape index (κ1) is 34.8. The first-order chi connectivity index (χ1) is 22.5. The minimum absolute atomic E-state index is 0.0165. The number of amides is 1. The molecule has 5 rings (SSSR count). The molecule has 1 amide bonds. The van der Waals surface area contributed by atoms with Gasteiger partial charge in [-0.1, -0.05) is 44.2 Å². The molecular weight excluding hydrogens is 628 g/mol. The average molecular weight is 673 g/mol. The van der Waals surface area contributed by atoms with Crippen LogP contribution in [0.25, 0.3) is 11.0 Å². The number of nitrogens with one attached hydrogen (secondary N) is 1. The fourth-order valence-electron chi connectivity index (χ4n) is 6.13. The first-order valence-corrected chi connectivity index (χ1v) is 17.5. The molecule has 2 aromatic carbocycles. The summed E-state index contributed by atoms with van der Waals surface area (Å²) >= 11 is 0. The molecule has 256 valence electrons. The number of esters is 1. The second-order valence-electron chi connectivity index (χ2n) is 12.5. The zero-order valence-electron chi connectivity index (χ0n) is 27.0. The van der Waals surface area contributed by atoms with Crippen molar-refractivity contribution in [3.8, 4) is 0 Å². The van der Waals surface area contributed by atoms with E-state index in [9.17, 15) is 23.1 Å². The van der Waals surface area contributed by atoms with Gasteiger partial charge in [0, 0.05) is 36.5 Å². The van der Waals surface area contributed by atoms with Crippen LogP contribution in [0.4, 0.5) is 4.79 Å². The molecule has 0 saturated carbocycles. The van der Waals surface area contributed by atoms with Gasteiger partial charge in [0.1, 0.15) is 11.7 Å². The Bertz CT molecular complexity index is 1610. The fraction of sp³-hybridized carbons (Fsp3) is 0.529. The summed E-state index contributed by atoms with van der Waals surface area (Å²) in [5, 5.41) is 14.8. The van der Waals surface area contributed by atoms with Crippen molar-refractivity contribution in [3.05, 3.63) is 65.9 Å². The summed E-state index contributed by atoms with van der Waals surface area (Å²) in [7, 11) is -4.11. The van der Waals surface area contributed by atoms with E-state index in [1.54, 1.807) is 13.0 Å². The van der Waals surface area contributed by atoms with Crippen LogP contribution in [0.15, 0.2) is 64.1 Å². The van der Waals surface area contributed by atoms with Crippen LogP contribution in [0.3, 0.4) is 0 Å². The predicted molar refractivity (Wildman–Crippen MR) is 172 cm³/mol. The van der Waals surface area contributed by atoms with Crippen molar-refractivity contribution >= 4 is 33.1 Å². The standard InChI is InChI=1S/C34H44N2O10S/c1-4-42-34(39)35-17-25-20-44-30-11-10-26(16-28(25)30)47(40,41)36(18-22(2)3)19-29(37)24(14-23-8-6-5-7-9-23)15-32(38)46-31-21-45-33-27(31)12-13-43-33/h5-11,16,20,22,24,27,29,31,33,37H,4,12-15,17-19,21H2,1-3H3,(H,35,39)/t24-,27+,29-,31+,33-/m1/s1. The largest absolute Gasteiger partial charge is 0.464 e. The lowest BCUT2D eigenvalue weighted by molar-refractivity contribution is -0.153. The number of carbonyl (C=O) groups excluding carboxylic acids is 2. The van der Waals surface area contributed by atoms with Crippen molar-refractivity contribution in [1.82, 2.24) is 9.62 Å². The highest BCUT2D eigenvalue weighted by Crippen LogP contribution is 2.34. The number of furan rings is 1. The number of alkyl carbamates (subject to hydrolysis) is 1. The molecule has 2 aliphatic heterocycles. The zero-order valence-corrected chi connectivity index (χ0v) is 27.8. The Morgan fingerprint density at radius 2 is 1.89 bits per heavy atom. The molecule has 13 heteroatoms. The van der Waals surface area contributed by atoms with Crippen molar-refractivity contribution in [2.75, 3.05) is 32.9 Å². The number of sulfonamides is 1. The quantitative estimate of drug-likeness (QED) is 0.224. The van der Waals surface area contributed by atoms with Gasteiger partial charge in [0.05, 0.1) is 49.4 Å². The van der Waals surface area contributed by atoms with Crippen molar-refractivity contribution in [2.24, 2.45) is 17.8 Å². The van der Waals surface area contributed by atoms with Gasteiger partial charge in [-0.3, -0.25) is 4.79 Å². The number of fused-ring (bicyclic) bond motifs is 2. The molecule has 0 unspecified atom stereocenters. The Kier molecular flexibility index (Phi) is 11.6. The van der Waals surface area contributed by atoms with Crippen LogP contribution >= 0.6 is 0 Å². The molecule has 2 saturated heterocycles. The van der Waals surface area contributed by atoms with Gasteiger partial charge in [-0.05, 0) is 49.4 Å². The molecule has 3 heterocycles. The molecule has 1 aromatic heterocycles. The molecule has 0 radical (unpaired) electrons. The van der Waals surface area contributed by atoms with E-state index in [-0.39, 0.29) is 62.3 Å². The first-order valence-electron chi connectivity index (χ1n) is 16.1. The molecule has 47 heavy (non-hydrogen) atoms. The number of hydrogen-bond acceptors (Lipinski definition) is 10. The fourth-order valence-corrected chi connectivity index (χ4v) is 7.78. The Balaban J connectivity index is 1.35. The summed E-state index contributed by atoms with van der Waals surface area (Å²) in [5.41, 5.74) is 1.96. The SMILES string of the molecule is CCOC(=O)NCc1coc2ccc(S(=O)(=O)N(CC(C)C)C[C@@H](O)[C@@H](CC(=O)O[C@H]3CO[C@H]4OCC[C@H]43)Cc3ccccc3)cc12. The van der Waals surface area contributed by atoms with Crippen LogP contribution in [-0.4, -0.2) is 81.3 Å². The van der Waals surface area contributed by atoms with Crippen LogP contribution < -0.4 is 5.32 Å². The minimum atomic E-state index is -4.11. The molecule has 5 atom stereocenters. The van der Waals surface area contributed by atoms with Gasteiger partial charge in [-0.15, -0.1) is 0 Å². The summed E-state index contributed by atoms with van der Waals surface area (Å²) in [5.74, 6) is -1.17. The Hall–Kier alpha value is -3.49. The van der Waals surface area contributed by atoms with Gasteiger partial charge < -0.3 is 33.8 Å². The predicted octanol–water partition coefficient (Wildman–Crippen LogP) is 4.24. The second kappa shape index (κ2) is 15.6. The van der Waals surface area contributed by atoms with E-state index < -0.39 is 40.2 Å². The lowest BCUT2D eigenvalue weighted by Gasteiger charge is -2.30. The van der Waals surface area contributed by atoms with Crippen molar-refractivity contribution in [3.63, 3.8) is 0 Å². The Morgan fingerprint density at radius 1 is 1.11 bits per heavy atom. The molecule has 0 spiro atoms. The maximum absolute atomic E-state index is 14.1. The van der Waals surface area contributed by atoms with Crippen LogP contribution in [0, 0.1) is 17.8 Å². The number of aliphatic hydroxyl groups is 1. The van der Waals surface area contributed by atoms with Crippen molar-refractivity contribution in [2.45, 2.75) is 70.0 Å². The van der Waals surface area contributed by atoms with Crippen LogP contribution in [0.1, 0.15) is 44.7 Å². The molecule has 2 fully saturated rings. The summed E-state index contributed by atoms with van der Waals surface area (Å²) < 4.78 is 57.1. The third-order valence-electron chi connectivity index (χ3n) is 8.50. The highest BCUT2D eigenvalue weighted by molar-refractivity contribution is 7.89. The Labute approximate surface area is 275 Å². The molecule has 2 aliphatic rings. The average Bonchev–Trinajstić information content (AvgIpc) is 3.77. The molecule has 0 bridgehead atoms. The maximum atomic E-state index is 14.1. The monoisotopic (exact) mass is 672 g/mol. The maximum Gasteiger partial charge on any atom is 0.407 e. The van der Waals surface area contributed by atoms with E-state index in [1.807, 2.05) is 44.2 Å². The van der Waals surface area contributed by atoms with Crippen molar-refractivity contribution < 1.29 is 46.5 Å². The number of rotatable bonds is 15. The lowest BCUT2D eigenvalue weighted by atomic mass is 9.90. The smallest absolute Gasteiger partial charge is 0.407 e. The normalized spacial score (nSPS) is 20.8. The summed E-state index contributed by atoms with van der Waals surface area (Å²) in [6.45, 7) is 6.53. The lowest BCUT2D eigenvalue weighted by Crippen LogP contribution is -2.43. The number of aliphatic hydroxyl groups excluding tert-OH is 1. The number of carbonyl (C=O) groups is 2. The van der Waals surface area contributed by atoms with Crippen LogP contribution in [0.5, 0.6) is 0 Å². The van der Waals surface area contributed by atoms with Gasteiger partial charge in [0.2, 0.25) is 10.0 Å². The number of nitrogens with zero attached hydrogens (tertiary/aromatic N) is 1. The van der Waals surface area contributed by atoms with E-state index in [2.05, 4.69) is 5.32 Å². The number of hydrogen-bond donors (Lipinski definition) is 2. The van der Waals surface area contributed by atoms with Gasteiger partial charge in [0.15, 0.2) is 6.29 Å². The van der Waals surface area contributed by atoms with E-state index in [0.717, 1.165) is 12.0 Å². The highest BCUT2D eigenvalue weighted by atomic mass is 32.2. The van der Waals surface area contributed by atoms with Crippen LogP contribution in [-0.2, 0) is 46.7 Å². The third kappa shape index (κ3) is 8.71. The molecule has 2 N–H and O–H groups in total. The van der Waals surface area contributed by atoms with Gasteiger partial charge in [-0.2, -0.15) is 4.31 Å². The van der Waals surface area contributed by atoms with E-state index >= 15 is 0 Å². The van der Waals surface area contributed by atoms with E-state index in [4.69, 9.17) is 23.4 Å². The van der Waals surface area contributed by atoms with Gasteiger partial charge in [0.25, 0.3) is 0 Å². The summed E-state index contributed by atoms with van der Waals surface area (Å²) in [6.07, 6.45) is -0.0933. The minimum Gasteiger partial charge on any atom is -0.464 e. The van der Waals surface area contributed by atoms with E-state index in [0.29, 0.717) is 29.6 Å². The van der Waals surface area contributed by atoms with E-state index in [1.165, 1.54) is 22.7 Å². The highest BCUT2D eigenvalue weighted by Gasteiger charge is 2.44.